The van der Waals surface area contributed by atoms with E-state index in [1.807, 2.05) is 23.5 Å². The summed E-state index contributed by atoms with van der Waals surface area (Å²) in [6.45, 7) is 7.41. The summed E-state index contributed by atoms with van der Waals surface area (Å²) < 4.78 is 7.22. The van der Waals surface area contributed by atoms with Crippen LogP contribution in [0.2, 0.25) is 19.6 Å². The molecule has 3 unspecified atom stereocenters. The fourth-order valence-electron chi connectivity index (χ4n) is 5.62. The van der Waals surface area contributed by atoms with Crippen molar-refractivity contribution in [3.63, 3.8) is 0 Å². The molecule has 1 nitrogen and oxygen atoms in total. The van der Waals surface area contributed by atoms with E-state index in [2.05, 4.69) is 123 Å². The van der Waals surface area contributed by atoms with Crippen molar-refractivity contribution in [2.24, 2.45) is 0 Å². The van der Waals surface area contributed by atoms with Crippen LogP contribution in [0.1, 0.15) is 12.8 Å². The van der Waals surface area contributed by atoms with Crippen molar-refractivity contribution in [2.45, 2.75) is 48.0 Å². The van der Waals surface area contributed by atoms with Gasteiger partial charge in [0.1, 0.15) is 4.56 Å². The first-order valence-electron chi connectivity index (χ1n) is 11.8. The highest BCUT2D eigenvalue weighted by Gasteiger charge is 2.56. The summed E-state index contributed by atoms with van der Waals surface area (Å²) in [6, 6.07) is 33.9. The van der Waals surface area contributed by atoms with Crippen LogP contribution in [0.15, 0.2) is 91.0 Å². The van der Waals surface area contributed by atoms with E-state index in [0.717, 1.165) is 12.8 Å². The molecule has 3 atom stereocenters. The van der Waals surface area contributed by atoms with Crippen LogP contribution in [0.25, 0.3) is 0 Å². The number of ether oxygens (including phenoxy) is 1. The van der Waals surface area contributed by atoms with Gasteiger partial charge in [-0.15, -0.1) is 11.8 Å². The molecule has 1 aliphatic heterocycles. The number of hydrogen-bond donors (Lipinski definition) is 0. The van der Waals surface area contributed by atoms with Gasteiger partial charge >= 0.3 is 0 Å². The van der Waals surface area contributed by atoms with Crippen molar-refractivity contribution in [1.29, 1.82) is 0 Å². The van der Waals surface area contributed by atoms with Crippen LogP contribution in [0.4, 0.5) is 0 Å². The number of benzene rings is 3. The molecule has 1 fully saturated rings. The predicted molar refractivity (Wildman–Crippen MR) is 155 cm³/mol. The van der Waals surface area contributed by atoms with Gasteiger partial charge in [0.05, 0.1) is 14.2 Å². The van der Waals surface area contributed by atoms with Crippen LogP contribution in [0.5, 0.6) is 0 Å². The first-order valence-corrected chi connectivity index (χ1v) is 19.9. The molecular weight excluding hydrogens is 473 g/mol. The summed E-state index contributed by atoms with van der Waals surface area (Å²) in [5.41, 5.74) is 0. The summed E-state index contributed by atoms with van der Waals surface area (Å²) in [7, 11) is -3.93. The van der Waals surface area contributed by atoms with Crippen LogP contribution in [0, 0.1) is 0 Å². The van der Waals surface area contributed by atoms with E-state index in [9.17, 15) is 0 Å². The molecule has 0 N–H and O–H groups in total. The Morgan fingerprint density at radius 2 is 1.18 bits per heavy atom. The maximum absolute atomic E-state index is 7.22. The van der Waals surface area contributed by atoms with Crippen LogP contribution in [-0.2, 0) is 4.74 Å². The van der Waals surface area contributed by atoms with Crippen LogP contribution < -0.4 is 15.6 Å². The lowest BCUT2D eigenvalue weighted by molar-refractivity contribution is 0.0716. The van der Waals surface area contributed by atoms with E-state index in [4.69, 9.17) is 4.74 Å². The van der Waals surface area contributed by atoms with E-state index in [1.54, 1.807) is 0 Å². The SMILES string of the molecule is CSC(C1CCC(SC)([Si](C)(C)C)O1)[Si](c1ccccc1)(c1ccccc1)c1ccccc1. The highest BCUT2D eigenvalue weighted by atomic mass is 32.2. The minimum atomic E-state index is -2.41. The van der Waals surface area contributed by atoms with E-state index in [1.165, 1.54) is 15.6 Å². The molecule has 3 aromatic rings. The first-order chi connectivity index (χ1) is 15.9. The molecule has 3 aromatic carbocycles. The summed E-state index contributed by atoms with van der Waals surface area (Å²) in [4.78, 5) is 0.384. The van der Waals surface area contributed by atoms with Gasteiger partial charge in [0.25, 0.3) is 0 Å². The Morgan fingerprint density at radius 3 is 1.48 bits per heavy atom. The maximum atomic E-state index is 7.22. The van der Waals surface area contributed by atoms with Gasteiger partial charge in [-0.05, 0) is 40.9 Å². The van der Waals surface area contributed by atoms with Gasteiger partial charge in [-0.1, -0.05) is 111 Å². The van der Waals surface area contributed by atoms with E-state index < -0.39 is 16.1 Å². The zero-order chi connectivity index (χ0) is 23.5. The molecule has 1 saturated heterocycles. The van der Waals surface area contributed by atoms with Gasteiger partial charge in [-0.3, -0.25) is 0 Å². The van der Waals surface area contributed by atoms with Gasteiger partial charge in [-0.25, -0.2) is 0 Å². The molecule has 0 amide bonds. The minimum Gasteiger partial charge on any atom is -0.364 e. The zero-order valence-electron chi connectivity index (χ0n) is 20.5. The monoisotopic (exact) mass is 508 g/mol. The van der Waals surface area contributed by atoms with Crippen LogP contribution in [0.3, 0.4) is 0 Å². The fourth-order valence-corrected chi connectivity index (χ4v) is 18.1. The third-order valence-electron chi connectivity index (χ3n) is 7.28. The fraction of sp³-hybridized carbons (Fsp3) is 0.357. The van der Waals surface area contributed by atoms with Crippen molar-refractivity contribution < 1.29 is 4.74 Å². The Morgan fingerprint density at radius 1 is 0.758 bits per heavy atom. The number of rotatable bonds is 8. The van der Waals surface area contributed by atoms with Gasteiger partial charge in [-0.2, -0.15) is 11.8 Å². The van der Waals surface area contributed by atoms with Crippen LogP contribution >= 0.6 is 23.5 Å². The molecule has 0 saturated carbocycles. The van der Waals surface area contributed by atoms with Crippen molar-refractivity contribution in [1.82, 2.24) is 0 Å². The highest BCUT2D eigenvalue weighted by Crippen LogP contribution is 2.48. The largest absolute Gasteiger partial charge is 0.364 e. The average Bonchev–Trinajstić information content (AvgIpc) is 3.30. The van der Waals surface area contributed by atoms with E-state index in [-0.39, 0.29) is 10.7 Å². The zero-order valence-corrected chi connectivity index (χ0v) is 24.1. The maximum Gasteiger partial charge on any atom is 0.163 e. The minimum absolute atomic E-state index is 0.00412. The Balaban J connectivity index is 1.95. The first kappa shape index (κ1) is 24.9. The second kappa shape index (κ2) is 10.2. The molecule has 1 heterocycles. The molecule has 0 bridgehead atoms. The van der Waals surface area contributed by atoms with Crippen molar-refractivity contribution >= 4 is 55.2 Å². The Bertz CT molecular complexity index is 927. The molecule has 33 heavy (non-hydrogen) atoms. The summed E-state index contributed by atoms with van der Waals surface area (Å²) in [5, 5.41) is 4.42. The number of thioether (sulfide) groups is 2. The molecule has 174 valence electrons. The van der Waals surface area contributed by atoms with Crippen molar-refractivity contribution in [3.05, 3.63) is 91.0 Å². The van der Waals surface area contributed by atoms with Gasteiger partial charge in [0, 0.05) is 4.87 Å². The Labute approximate surface area is 210 Å². The number of hydrogen-bond acceptors (Lipinski definition) is 3. The van der Waals surface area contributed by atoms with Gasteiger partial charge < -0.3 is 4.74 Å². The molecule has 0 aromatic heterocycles. The second-order valence-corrected chi connectivity index (χ2v) is 22.1. The van der Waals surface area contributed by atoms with Crippen LogP contribution in [-0.4, -0.2) is 44.2 Å². The smallest absolute Gasteiger partial charge is 0.163 e. The molecule has 0 aliphatic carbocycles. The average molecular weight is 509 g/mol. The molecule has 1 aliphatic rings. The lowest BCUT2D eigenvalue weighted by Gasteiger charge is -2.44. The van der Waals surface area contributed by atoms with Crippen molar-refractivity contribution in [2.75, 3.05) is 12.5 Å². The quantitative estimate of drug-likeness (QED) is 0.292. The van der Waals surface area contributed by atoms with E-state index >= 15 is 0 Å². The predicted octanol–water partition coefficient (Wildman–Crippen LogP) is 5.54. The van der Waals surface area contributed by atoms with Crippen molar-refractivity contribution in [3.8, 4) is 0 Å². The molecule has 0 radical (unpaired) electrons. The molecular formula is C28H36OS2Si2. The van der Waals surface area contributed by atoms with E-state index in [0.29, 0.717) is 4.87 Å². The molecule has 5 heteroatoms. The second-order valence-electron chi connectivity index (χ2n) is 9.96. The topological polar surface area (TPSA) is 9.23 Å². The Kier molecular flexibility index (Phi) is 7.66. The third-order valence-corrected chi connectivity index (χ3v) is 20.9. The summed E-state index contributed by atoms with van der Waals surface area (Å²) >= 11 is 3.99. The molecule has 0 spiro atoms. The van der Waals surface area contributed by atoms with Gasteiger partial charge in [0.15, 0.2) is 8.07 Å². The summed E-state index contributed by atoms with van der Waals surface area (Å²) in [5.74, 6) is 0. The molecule has 4 rings (SSSR count). The lowest BCUT2D eigenvalue weighted by atomic mass is 10.2. The highest BCUT2D eigenvalue weighted by molar-refractivity contribution is 8.02. The third kappa shape index (κ3) is 4.43. The Hall–Kier alpha value is -1.25. The lowest BCUT2D eigenvalue weighted by Crippen LogP contribution is -2.75. The summed E-state index contributed by atoms with van der Waals surface area (Å²) in [6.07, 6.45) is 7.10. The van der Waals surface area contributed by atoms with Gasteiger partial charge in [0.2, 0.25) is 0 Å². The standard InChI is InChI=1S/C28H36OS2Si2/c1-30-27(26-21-22-28(29-26,31-2)32(3,4)5)33(23-15-9-6-10-16-23,24-17-11-7-12-18-24)25-19-13-8-14-20-25/h6-20,26-27H,21-22H2,1-5H3. The normalized spacial score (nSPS) is 22.3.